The number of methoxy groups -OCH3 is 1. The summed E-state index contributed by atoms with van der Waals surface area (Å²) in [5, 5.41) is 9.71. The van der Waals surface area contributed by atoms with Gasteiger partial charge in [-0.25, -0.2) is 9.78 Å². The third-order valence-electron chi connectivity index (χ3n) is 2.40. The number of rotatable bonds is 4. The molecule has 2 heterocycles. The van der Waals surface area contributed by atoms with Crippen LogP contribution in [-0.2, 0) is 11.3 Å². The molecule has 0 atom stereocenters. The summed E-state index contributed by atoms with van der Waals surface area (Å²) in [5.74, 6) is -0.936. The van der Waals surface area contributed by atoms with Crippen LogP contribution in [0.2, 0.25) is 0 Å². The fourth-order valence-corrected chi connectivity index (χ4v) is 1.65. The second-order valence-corrected chi connectivity index (χ2v) is 3.41. The molecule has 16 heavy (non-hydrogen) atoms. The molecule has 1 N–H and O–H groups in total. The third kappa shape index (κ3) is 1.77. The number of carboxylic acids is 1. The summed E-state index contributed by atoms with van der Waals surface area (Å²) in [6.45, 7) is 1.12. The maximum atomic E-state index is 11.0. The summed E-state index contributed by atoms with van der Waals surface area (Å²) in [4.78, 5) is 15.2. The first kappa shape index (κ1) is 10.6. The van der Waals surface area contributed by atoms with Gasteiger partial charge >= 0.3 is 5.97 Å². The van der Waals surface area contributed by atoms with E-state index in [2.05, 4.69) is 4.98 Å². The van der Waals surface area contributed by atoms with E-state index >= 15 is 0 Å². The van der Waals surface area contributed by atoms with E-state index in [1.165, 1.54) is 0 Å². The Labute approximate surface area is 92.3 Å². The summed E-state index contributed by atoms with van der Waals surface area (Å²) in [6.07, 6.45) is 3.25. The van der Waals surface area contributed by atoms with E-state index in [9.17, 15) is 4.79 Å². The second-order valence-electron chi connectivity index (χ2n) is 3.41. The quantitative estimate of drug-likeness (QED) is 0.845. The fraction of sp³-hybridized carbons (Fsp3) is 0.273. The van der Waals surface area contributed by atoms with E-state index in [4.69, 9.17) is 9.84 Å². The Morgan fingerprint density at radius 2 is 2.44 bits per heavy atom. The van der Waals surface area contributed by atoms with Gasteiger partial charge in [-0.15, -0.1) is 0 Å². The maximum Gasteiger partial charge on any atom is 0.337 e. The van der Waals surface area contributed by atoms with Crippen molar-refractivity contribution in [2.45, 2.75) is 6.54 Å². The van der Waals surface area contributed by atoms with Crippen LogP contribution in [0.4, 0.5) is 0 Å². The number of ether oxygens (including phenoxy) is 1. The van der Waals surface area contributed by atoms with Gasteiger partial charge in [-0.1, -0.05) is 0 Å². The minimum atomic E-state index is -0.936. The highest BCUT2D eigenvalue weighted by molar-refractivity contribution is 6.02. The Morgan fingerprint density at radius 3 is 3.12 bits per heavy atom. The number of fused-ring (bicyclic) bond motifs is 1. The predicted octanol–water partition coefficient (Wildman–Crippen LogP) is 1.38. The van der Waals surface area contributed by atoms with E-state index in [1.807, 2.05) is 0 Å². The predicted molar refractivity (Wildman–Crippen MR) is 58.6 cm³/mol. The van der Waals surface area contributed by atoms with Crippen LogP contribution in [0, 0.1) is 0 Å². The molecule has 0 unspecified atom stereocenters. The number of hydrogen-bond acceptors (Lipinski definition) is 3. The maximum absolute atomic E-state index is 11.0. The van der Waals surface area contributed by atoms with Crippen LogP contribution in [-0.4, -0.2) is 34.3 Å². The van der Waals surface area contributed by atoms with Gasteiger partial charge in [-0.2, -0.15) is 0 Å². The van der Waals surface area contributed by atoms with E-state index in [1.54, 1.807) is 36.2 Å². The number of carboxylic acid groups (broad SMARTS) is 1. The van der Waals surface area contributed by atoms with E-state index < -0.39 is 5.97 Å². The van der Waals surface area contributed by atoms with E-state index in [0.29, 0.717) is 24.2 Å². The number of aromatic carboxylic acids is 1. The van der Waals surface area contributed by atoms with Gasteiger partial charge in [0.1, 0.15) is 5.65 Å². The molecule has 0 aliphatic rings. The summed E-state index contributed by atoms with van der Waals surface area (Å²) in [7, 11) is 1.61. The minimum Gasteiger partial charge on any atom is -0.478 e. The summed E-state index contributed by atoms with van der Waals surface area (Å²) in [6, 6.07) is 3.49. The van der Waals surface area contributed by atoms with Gasteiger partial charge in [0.05, 0.1) is 12.2 Å². The van der Waals surface area contributed by atoms with Gasteiger partial charge in [0.15, 0.2) is 0 Å². The molecule has 5 nitrogen and oxygen atoms in total. The van der Waals surface area contributed by atoms with Crippen LogP contribution in [0.3, 0.4) is 0 Å². The highest BCUT2D eigenvalue weighted by Gasteiger charge is 2.13. The molecule has 84 valence electrons. The molecule has 0 fully saturated rings. The largest absolute Gasteiger partial charge is 0.478 e. The van der Waals surface area contributed by atoms with Gasteiger partial charge in [0.2, 0.25) is 0 Å². The first-order valence-electron chi connectivity index (χ1n) is 4.90. The lowest BCUT2D eigenvalue weighted by molar-refractivity contribution is 0.0698. The summed E-state index contributed by atoms with van der Waals surface area (Å²) in [5.41, 5.74) is 0.955. The molecule has 0 saturated heterocycles. The molecule has 0 aromatic carbocycles. The van der Waals surface area contributed by atoms with E-state index in [-0.39, 0.29) is 5.56 Å². The third-order valence-corrected chi connectivity index (χ3v) is 2.40. The Hall–Kier alpha value is -1.88. The zero-order valence-electron chi connectivity index (χ0n) is 8.88. The van der Waals surface area contributed by atoms with Gasteiger partial charge in [-0.05, 0) is 12.1 Å². The highest BCUT2D eigenvalue weighted by atomic mass is 16.5. The normalized spacial score (nSPS) is 10.8. The number of aromatic nitrogens is 2. The second kappa shape index (κ2) is 4.32. The highest BCUT2D eigenvalue weighted by Crippen LogP contribution is 2.19. The zero-order valence-corrected chi connectivity index (χ0v) is 8.88. The Morgan fingerprint density at radius 1 is 1.62 bits per heavy atom. The lowest BCUT2D eigenvalue weighted by Gasteiger charge is -2.02. The fourth-order valence-electron chi connectivity index (χ4n) is 1.65. The van der Waals surface area contributed by atoms with Crippen molar-refractivity contribution in [1.29, 1.82) is 0 Å². The molecule has 0 amide bonds. The Bertz CT molecular complexity index is 519. The van der Waals surface area contributed by atoms with Crippen LogP contribution in [0.1, 0.15) is 10.4 Å². The molecule has 0 bridgehead atoms. The first-order valence-corrected chi connectivity index (χ1v) is 4.90. The molecule has 0 aliphatic heterocycles. The van der Waals surface area contributed by atoms with Crippen LogP contribution in [0.15, 0.2) is 24.5 Å². The zero-order chi connectivity index (χ0) is 11.5. The Kier molecular flexibility index (Phi) is 2.87. The topological polar surface area (TPSA) is 64.3 Å². The molecular weight excluding hydrogens is 208 g/mol. The van der Waals surface area contributed by atoms with Crippen LogP contribution >= 0.6 is 0 Å². The standard InChI is InChI=1S/C11H12N2O3/c1-16-6-5-13-7-9(11(14)15)8-3-2-4-12-10(8)13/h2-4,7H,5-6H2,1H3,(H,14,15). The van der Waals surface area contributed by atoms with Crippen molar-refractivity contribution in [2.24, 2.45) is 0 Å². The average molecular weight is 220 g/mol. The molecule has 2 aromatic heterocycles. The van der Waals surface area contributed by atoms with Crippen LogP contribution < -0.4 is 0 Å². The first-order chi connectivity index (χ1) is 7.74. The van der Waals surface area contributed by atoms with Gasteiger partial charge in [0, 0.05) is 31.4 Å². The molecule has 0 aliphatic carbocycles. The van der Waals surface area contributed by atoms with Crippen molar-refractivity contribution < 1.29 is 14.6 Å². The number of hydrogen-bond donors (Lipinski definition) is 1. The van der Waals surface area contributed by atoms with Gasteiger partial charge in [-0.3, -0.25) is 0 Å². The average Bonchev–Trinajstić information content (AvgIpc) is 2.65. The van der Waals surface area contributed by atoms with Crippen molar-refractivity contribution in [3.05, 3.63) is 30.1 Å². The number of pyridine rings is 1. The van der Waals surface area contributed by atoms with Crippen molar-refractivity contribution in [1.82, 2.24) is 9.55 Å². The van der Waals surface area contributed by atoms with E-state index in [0.717, 1.165) is 0 Å². The summed E-state index contributed by atoms with van der Waals surface area (Å²) < 4.78 is 6.76. The summed E-state index contributed by atoms with van der Waals surface area (Å²) >= 11 is 0. The lowest BCUT2D eigenvalue weighted by Crippen LogP contribution is -2.03. The molecule has 0 spiro atoms. The molecule has 2 aromatic rings. The molecule has 5 heteroatoms. The van der Waals surface area contributed by atoms with Gasteiger partial charge < -0.3 is 14.4 Å². The van der Waals surface area contributed by atoms with Crippen molar-refractivity contribution in [3.8, 4) is 0 Å². The number of carbonyl (C=O) groups is 1. The molecule has 0 radical (unpaired) electrons. The Balaban J connectivity index is 2.53. The van der Waals surface area contributed by atoms with Crippen molar-refractivity contribution in [2.75, 3.05) is 13.7 Å². The minimum absolute atomic E-state index is 0.277. The van der Waals surface area contributed by atoms with Gasteiger partial charge in [0.25, 0.3) is 0 Å². The SMILES string of the molecule is COCCn1cc(C(=O)O)c2cccnc21. The lowest BCUT2D eigenvalue weighted by atomic mass is 10.2. The molecular formula is C11H12N2O3. The molecule has 0 saturated carbocycles. The van der Waals surface area contributed by atoms with Crippen LogP contribution in [0.25, 0.3) is 11.0 Å². The smallest absolute Gasteiger partial charge is 0.337 e. The van der Waals surface area contributed by atoms with Crippen LogP contribution in [0.5, 0.6) is 0 Å². The monoisotopic (exact) mass is 220 g/mol. The number of nitrogens with zero attached hydrogens (tertiary/aromatic N) is 2. The van der Waals surface area contributed by atoms with Crippen molar-refractivity contribution in [3.63, 3.8) is 0 Å². The molecule has 2 rings (SSSR count). The van der Waals surface area contributed by atoms with Crippen molar-refractivity contribution >= 4 is 17.0 Å².